The Balaban J connectivity index is 1.32. The topological polar surface area (TPSA) is 102 Å². The summed E-state index contributed by atoms with van der Waals surface area (Å²) in [6.07, 6.45) is 2.39. The van der Waals surface area contributed by atoms with Gasteiger partial charge in [-0.1, -0.05) is 0 Å². The third-order valence-corrected chi connectivity index (χ3v) is 5.96. The van der Waals surface area contributed by atoms with E-state index >= 15 is 0 Å². The van der Waals surface area contributed by atoms with Gasteiger partial charge in [0.25, 0.3) is 11.6 Å². The third-order valence-electron chi connectivity index (χ3n) is 4.87. The summed E-state index contributed by atoms with van der Waals surface area (Å²) < 4.78 is 5.82. The van der Waals surface area contributed by atoms with E-state index in [-0.39, 0.29) is 10.6 Å². The van der Waals surface area contributed by atoms with Crippen LogP contribution in [0.15, 0.2) is 48.5 Å². The van der Waals surface area contributed by atoms with E-state index in [1.807, 2.05) is 24.3 Å². The second-order valence-corrected chi connectivity index (χ2v) is 8.04. The average molecular weight is 425 g/mol. The zero-order valence-corrected chi connectivity index (χ0v) is 16.8. The molecule has 2 heterocycles. The number of amides is 1. The minimum Gasteiger partial charge on any atom is -0.451 e. The number of nitro benzene ring substituents is 1. The van der Waals surface area contributed by atoms with Crippen LogP contribution in [0.2, 0.25) is 0 Å². The van der Waals surface area contributed by atoms with Gasteiger partial charge in [0.2, 0.25) is 0 Å². The Morgan fingerprint density at radius 1 is 1.10 bits per heavy atom. The van der Waals surface area contributed by atoms with Crippen molar-refractivity contribution in [3.8, 4) is 0 Å². The molecule has 2 aromatic carbocycles. The van der Waals surface area contributed by atoms with E-state index in [0.717, 1.165) is 34.8 Å². The fraction of sp³-hybridized carbons (Fsp3) is 0.238. The van der Waals surface area contributed by atoms with Gasteiger partial charge in [-0.15, -0.1) is 11.3 Å². The van der Waals surface area contributed by atoms with E-state index < -0.39 is 23.4 Å². The summed E-state index contributed by atoms with van der Waals surface area (Å²) in [6, 6.07) is 13.5. The monoisotopic (exact) mass is 425 g/mol. The normalized spacial score (nSPS) is 13.4. The number of nitrogens with one attached hydrogen (secondary N) is 1. The molecule has 3 aromatic rings. The van der Waals surface area contributed by atoms with E-state index in [1.54, 1.807) is 6.07 Å². The molecule has 0 radical (unpaired) electrons. The highest BCUT2D eigenvalue weighted by Gasteiger charge is 2.16. The van der Waals surface area contributed by atoms with Gasteiger partial charge < -0.3 is 15.0 Å². The maximum Gasteiger partial charge on any atom is 0.348 e. The number of nitro groups is 1. The highest BCUT2D eigenvalue weighted by Crippen LogP contribution is 2.29. The molecule has 8 nitrogen and oxygen atoms in total. The molecule has 1 N–H and O–H groups in total. The van der Waals surface area contributed by atoms with Gasteiger partial charge in [0, 0.05) is 46.7 Å². The standard InChI is InChI=1S/C21H19N3O5S/c25-20(22-15-3-5-16(6-4-15)23-9-1-2-10-23)13-29-21(26)19-12-14-11-17(24(27)28)7-8-18(14)30-19/h3-8,11-12H,1-2,9-10,13H2,(H,22,25). The third kappa shape index (κ3) is 4.41. The molecule has 0 saturated carbocycles. The molecule has 9 heteroatoms. The number of ether oxygens (including phenoxy) is 1. The van der Waals surface area contributed by atoms with Crippen molar-refractivity contribution >= 4 is 50.4 Å². The number of benzene rings is 2. The number of hydrogen-bond acceptors (Lipinski definition) is 7. The molecular formula is C21H19N3O5S. The number of esters is 1. The van der Waals surface area contributed by atoms with Gasteiger partial charge >= 0.3 is 5.97 Å². The van der Waals surface area contributed by atoms with Crippen molar-refractivity contribution in [2.24, 2.45) is 0 Å². The zero-order chi connectivity index (χ0) is 21.1. The zero-order valence-electron chi connectivity index (χ0n) is 16.0. The van der Waals surface area contributed by atoms with Crippen LogP contribution < -0.4 is 10.2 Å². The Kier molecular flexibility index (Phi) is 5.62. The lowest BCUT2D eigenvalue weighted by Crippen LogP contribution is -2.21. The molecule has 30 heavy (non-hydrogen) atoms. The van der Waals surface area contributed by atoms with Crippen LogP contribution in [0.5, 0.6) is 0 Å². The first-order chi connectivity index (χ1) is 14.5. The van der Waals surface area contributed by atoms with Crippen LogP contribution in [-0.2, 0) is 9.53 Å². The van der Waals surface area contributed by atoms with Crippen molar-refractivity contribution in [3.63, 3.8) is 0 Å². The number of carbonyl (C=O) groups is 2. The number of nitrogens with zero attached hydrogens (tertiary/aromatic N) is 2. The fourth-order valence-electron chi connectivity index (χ4n) is 3.38. The molecule has 0 bridgehead atoms. The molecule has 0 spiro atoms. The summed E-state index contributed by atoms with van der Waals surface area (Å²) >= 11 is 1.16. The summed E-state index contributed by atoms with van der Waals surface area (Å²) in [7, 11) is 0. The molecule has 154 valence electrons. The summed E-state index contributed by atoms with van der Waals surface area (Å²) in [5, 5.41) is 14.2. The first kappa shape index (κ1) is 19.8. The number of fused-ring (bicyclic) bond motifs is 1. The van der Waals surface area contributed by atoms with Gasteiger partial charge in [-0.2, -0.15) is 0 Å². The summed E-state index contributed by atoms with van der Waals surface area (Å²) in [5.41, 5.74) is 1.71. The van der Waals surface area contributed by atoms with Crippen molar-refractivity contribution in [2.45, 2.75) is 12.8 Å². The van der Waals surface area contributed by atoms with Gasteiger partial charge in [0.1, 0.15) is 4.88 Å². The number of anilines is 2. The summed E-state index contributed by atoms with van der Waals surface area (Å²) in [5.74, 6) is -1.08. The molecule has 1 aliphatic rings. The van der Waals surface area contributed by atoms with Crippen LogP contribution in [0.3, 0.4) is 0 Å². The van der Waals surface area contributed by atoms with E-state index in [2.05, 4.69) is 10.2 Å². The highest BCUT2D eigenvalue weighted by molar-refractivity contribution is 7.20. The predicted molar refractivity (Wildman–Crippen MR) is 115 cm³/mol. The lowest BCUT2D eigenvalue weighted by Gasteiger charge is -2.17. The molecule has 1 amide bonds. The highest BCUT2D eigenvalue weighted by atomic mass is 32.1. The van der Waals surface area contributed by atoms with E-state index in [9.17, 15) is 19.7 Å². The van der Waals surface area contributed by atoms with E-state index in [0.29, 0.717) is 11.1 Å². The number of rotatable bonds is 6. The molecule has 0 unspecified atom stereocenters. The Morgan fingerprint density at radius 2 is 1.83 bits per heavy atom. The van der Waals surface area contributed by atoms with Crippen LogP contribution in [0.4, 0.5) is 17.1 Å². The number of non-ortho nitro benzene ring substituents is 1. The molecular weight excluding hydrogens is 406 g/mol. The number of thiophene rings is 1. The molecule has 0 atom stereocenters. The van der Waals surface area contributed by atoms with Crippen molar-refractivity contribution in [1.29, 1.82) is 0 Å². The lowest BCUT2D eigenvalue weighted by molar-refractivity contribution is -0.384. The second kappa shape index (κ2) is 8.50. The van der Waals surface area contributed by atoms with Crippen molar-refractivity contribution in [1.82, 2.24) is 0 Å². The van der Waals surface area contributed by atoms with Crippen LogP contribution in [0, 0.1) is 10.1 Å². The smallest absolute Gasteiger partial charge is 0.348 e. The van der Waals surface area contributed by atoms with Gasteiger partial charge in [-0.25, -0.2) is 4.79 Å². The van der Waals surface area contributed by atoms with Crippen LogP contribution in [0.1, 0.15) is 22.5 Å². The van der Waals surface area contributed by atoms with Gasteiger partial charge in [-0.3, -0.25) is 14.9 Å². The Bertz CT molecular complexity index is 1100. The SMILES string of the molecule is O=C(COC(=O)c1cc2cc([N+](=O)[O-])ccc2s1)Nc1ccc(N2CCCC2)cc1. The quantitative estimate of drug-likeness (QED) is 0.361. The molecule has 0 aliphatic carbocycles. The van der Waals surface area contributed by atoms with Gasteiger partial charge in [0.05, 0.1) is 4.92 Å². The second-order valence-electron chi connectivity index (χ2n) is 6.96. The summed E-state index contributed by atoms with van der Waals surface area (Å²) in [4.78, 5) is 37.3. The Labute approximate surface area is 176 Å². The van der Waals surface area contributed by atoms with Crippen molar-refractivity contribution in [3.05, 3.63) is 63.5 Å². The predicted octanol–water partition coefficient (Wildman–Crippen LogP) is 4.21. The van der Waals surface area contributed by atoms with Crippen molar-refractivity contribution in [2.75, 3.05) is 29.9 Å². The van der Waals surface area contributed by atoms with Crippen LogP contribution >= 0.6 is 11.3 Å². The lowest BCUT2D eigenvalue weighted by atomic mass is 10.2. The van der Waals surface area contributed by atoms with Gasteiger partial charge in [0.15, 0.2) is 6.61 Å². The first-order valence-corrected chi connectivity index (χ1v) is 10.3. The average Bonchev–Trinajstić information content (AvgIpc) is 3.42. The molecule has 4 rings (SSSR count). The molecule has 1 fully saturated rings. The Morgan fingerprint density at radius 3 is 2.53 bits per heavy atom. The summed E-state index contributed by atoms with van der Waals surface area (Å²) in [6.45, 7) is 1.68. The molecule has 1 saturated heterocycles. The number of hydrogen-bond donors (Lipinski definition) is 1. The van der Waals surface area contributed by atoms with Gasteiger partial charge in [-0.05, 0) is 49.2 Å². The maximum atomic E-state index is 12.3. The maximum absolute atomic E-state index is 12.3. The molecule has 1 aliphatic heterocycles. The Hall–Kier alpha value is -3.46. The van der Waals surface area contributed by atoms with E-state index in [4.69, 9.17) is 4.74 Å². The fourth-order valence-corrected chi connectivity index (χ4v) is 4.31. The van der Waals surface area contributed by atoms with Crippen molar-refractivity contribution < 1.29 is 19.2 Å². The first-order valence-electron chi connectivity index (χ1n) is 9.49. The minimum absolute atomic E-state index is 0.0460. The van der Waals surface area contributed by atoms with Crippen LogP contribution in [0.25, 0.3) is 10.1 Å². The number of carbonyl (C=O) groups excluding carboxylic acids is 2. The minimum atomic E-state index is -0.640. The largest absolute Gasteiger partial charge is 0.451 e. The van der Waals surface area contributed by atoms with Crippen LogP contribution in [-0.4, -0.2) is 36.5 Å². The molecule has 1 aromatic heterocycles. The van der Waals surface area contributed by atoms with E-state index in [1.165, 1.54) is 31.0 Å².